The number of hydrogen-bond donors (Lipinski definition) is 1. The molecule has 0 saturated carbocycles. The number of carbonyl (C=O) groups is 2. The molecule has 1 atom stereocenters. The van der Waals surface area contributed by atoms with E-state index in [-0.39, 0.29) is 18.6 Å². The van der Waals surface area contributed by atoms with Gasteiger partial charge < -0.3 is 14.8 Å². The first-order valence-electron chi connectivity index (χ1n) is 4.70. The molecule has 80 valence electrons. The predicted octanol–water partition coefficient (Wildman–Crippen LogP) is -0.155. The summed E-state index contributed by atoms with van der Waals surface area (Å²) in [5.41, 5.74) is 0. The Labute approximate surface area is 82.8 Å². The first-order valence-corrected chi connectivity index (χ1v) is 4.70. The lowest BCUT2D eigenvalue weighted by atomic mass is 10.2. The van der Waals surface area contributed by atoms with Crippen LogP contribution in [0.5, 0.6) is 0 Å². The van der Waals surface area contributed by atoms with Gasteiger partial charge in [-0.05, 0) is 12.8 Å². The van der Waals surface area contributed by atoms with Crippen LogP contribution in [0.25, 0.3) is 0 Å². The maximum atomic E-state index is 11.1. The lowest BCUT2D eigenvalue weighted by Gasteiger charge is -2.10. The highest BCUT2D eigenvalue weighted by Gasteiger charge is 2.16. The van der Waals surface area contributed by atoms with Crippen molar-refractivity contribution in [2.45, 2.75) is 25.9 Å². The molecule has 0 aromatic carbocycles. The molecule has 14 heavy (non-hydrogen) atoms. The van der Waals surface area contributed by atoms with E-state index in [1.165, 1.54) is 6.92 Å². The van der Waals surface area contributed by atoms with Crippen LogP contribution in [0, 0.1) is 0 Å². The molecular formula is C9H15NO4. The van der Waals surface area contributed by atoms with Crippen LogP contribution in [0.4, 0.5) is 0 Å². The van der Waals surface area contributed by atoms with Gasteiger partial charge in [0.1, 0.15) is 0 Å². The number of amides is 1. The van der Waals surface area contributed by atoms with E-state index in [1.54, 1.807) is 0 Å². The van der Waals surface area contributed by atoms with Gasteiger partial charge in [0, 0.05) is 20.1 Å². The number of ether oxygens (including phenoxy) is 2. The van der Waals surface area contributed by atoms with E-state index < -0.39 is 5.97 Å². The highest BCUT2D eigenvalue weighted by Crippen LogP contribution is 2.10. The molecule has 1 rings (SSSR count). The summed E-state index contributed by atoms with van der Waals surface area (Å²) >= 11 is 0. The molecule has 0 aromatic heterocycles. The molecule has 1 unspecified atom stereocenters. The number of rotatable bonds is 4. The Morgan fingerprint density at radius 2 is 2.36 bits per heavy atom. The third kappa shape index (κ3) is 4.23. The van der Waals surface area contributed by atoms with Gasteiger partial charge in [0.2, 0.25) is 0 Å². The van der Waals surface area contributed by atoms with Gasteiger partial charge in [-0.15, -0.1) is 0 Å². The van der Waals surface area contributed by atoms with Crippen molar-refractivity contribution in [3.63, 3.8) is 0 Å². The van der Waals surface area contributed by atoms with Crippen molar-refractivity contribution in [2.75, 3.05) is 19.8 Å². The van der Waals surface area contributed by atoms with E-state index in [1.807, 2.05) is 0 Å². The minimum absolute atomic E-state index is 0.122. The average Bonchev–Trinajstić information content (AvgIpc) is 2.63. The third-order valence-electron chi connectivity index (χ3n) is 1.96. The van der Waals surface area contributed by atoms with E-state index >= 15 is 0 Å². The van der Waals surface area contributed by atoms with E-state index in [0.717, 1.165) is 19.4 Å². The summed E-state index contributed by atoms with van der Waals surface area (Å²) < 4.78 is 9.83. The van der Waals surface area contributed by atoms with Gasteiger partial charge >= 0.3 is 5.97 Å². The van der Waals surface area contributed by atoms with Crippen molar-refractivity contribution in [1.82, 2.24) is 5.32 Å². The summed E-state index contributed by atoms with van der Waals surface area (Å²) in [7, 11) is 0. The molecule has 1 N–H and O–H groups in total. The van der Waals surface area contributed by atoms with Gasteiger partial charge in [-0.3, -0.25) is 9.59 Å². The lowest BCUT2D eigenvalue weighted by molar-refractivity contribution is -0.146. The van der Waals surface area contributed by atoms with Crippen LogP contribution >= 0.6 is 0 Å². The third-order valence-corrected chi connectivity index (χ3v) is 1.96. The molecule has 1 aliphatic heterocycles. The van der Waals surface area contributed by atoms with Gasteiger partial charge in [-0.1, -0.05) is 0 Å². The Balaban J connectivity index is 2.05. The molecule has 1 amide bonds. The average molecular weight is 201 g/mol. The highest BCUT2D eigenvalue weighted by molar-refractivity contribution is 5.79. The lowest BCUT2D eigenvalue weighted by Crippen LogP contribution is -2.34. The van der Waals surface area contributed by atoms with E-state index in [4.69, 9.17) is 4.74 Å². The molecule has 1 heterocycles. The second kappa shape index (κ2) is 5.59. The Morgan fingerprint density at radius 1 is 1.57 bits per heavy atom. The largest absolute Gasteiger partial charge is 0.456 e. The summed E-state index contributed by atoms with van der Waals surface area (Å²) in [5.74, 6) is -0.729. The summed E-state index contributed by atoms with van der Waals surface area (Å²) in [6.45, 7) is 2.33. The number of hydrogen-bond acceptors (Lipinski definition) is 4. The predicted molar refractivity (Wildman–Crippen MR) is 48.6 cm³/mol. The summed E-state index contributed by atoms with van der Waals surface area (Å²) in [4.78, 5) is 21.4. The molecule has 1 aliphatic rings. The van der Waals surface area contributed by atoms with E-state index in [9.17, 15) is 9.59 Å². The summed E-state index contributed by atoms with van der Waals surface area (Å²) in [5, 5.41) is 2.64. The first-order chi connectivity index (χ1) is 6.68. The minimum Gasteiger partial charge on any atom is -0.456 e. The molecule has 1 saturated heterocycles. The Kier molecular flexibility index (Phi) is 4.39. The zero-order valence-corrected chi connectivity index (χ0v) is 8.25. The smallest absolute Gasteiger partial charge is 0.303 e. The number of esters is 1. The van der Waals surface area contributed by atoms with Crippen LogP contribution < -0.4 is 5.32 Å². The summed E-state index contributed by atoms with van der Waals surface area (Å²) in [6, 6.07) is 0. The van der Waals surface area contributed by atoms with Crippen LogP contribution in [0.1, 0.15) is 19.8 Å². The normalized spacial score (nSPS) is 20.5. The van der Waals surface area contributed by atoms with Crippen molar-refractivity contribution < 1.29 is 19.1 Å². The van der Waals surface area contributed by atoms with Crippen molar-refractivity contribution in [2.24, 2.45) is 0 Å². The Bertz CT molecular complexity index is 211. The molecule has 0 radical (unpaired) electrons. The molecule has 1 fully saturated rings. The van der Waals surface area contributed by atoms with Crippen LogP contribution in [-0.2, 0) is 19.1 Å². The second-order valence-electron chi connectivity index (χ2n) is 3.22. The Hall–Kier alpha value is -1.10. The van der Waals surface area contributed by atoms with E-state index in [2.05, 4.69) is 10.1 Å². The molecule has 0 bridgehead atoms. The molecule has 5 nitrogen and oxygen atoms in total. The van der Waals surface area contributed by atoms with Gasteiger partial charge in [0.25, 0.3) is 5.91 Å². The zero-order chi connectivity index (χ0) is 10.4. The van der Waals surface area contributed by atoms with Gasteiger partial charge in [-0.25, -0.2) is 0 Å². The molecular weight excluding hydrogens is 186 g/mol. The van der Waals surface area contributed by atoms with Crippen LogP contribution in [0.3, 0.4) is 0 Å². The highest BCUT2D eigenvalue weighted by atomic mass is 16.5. The van der Waals surface area contributed by atoms with Crippen LogP contribution in [-0.4, -0.2) is 37.7 Å². The van der Waals surface area contributed by atoms with Crippen LogP contribution in [0.15, 0.2) is 0 Å². The van der Waals surface area contributed by atoms with Gasteiger partial charge in [0.15, 0.2) is 6.61 Å². The second-order valence-corrected chi connectivity index (χ2v) is 3.22. The van der Waals surface area contributed by atoms with Crippen molar-refractivity contribution in [3.05, 3.63) is 0 Å². The van der Waals surface area contributed by atoms with Crippen molar-refractivity contribution in [1.29, 1.82) is 0 Å². The molecule has 0 spiro atoms. The number of nitrogens with one attached hydrogen (secondary N) is 1. The maximum absolute atomic E-state index is 11.1. The quantitative estimate of drug-likeness (QED) is 0.642. The SMILES string of the molecule is CC(=O)OCC(=O)NCC1CCCO1. The van der Waals surface area contributed by atoms with Crippen molar-refractivity contribution >= 4 is 11.9 Å². The molecule has 0 aromatic rings. The first kappa shape index (κ1) is 11.0. The Morgan fingerprint density at radius 3 is 2.93 bits per heavy atom. The van der Waals surface area contributed by atoms with E-state index in [0.29, 0.717) is 6.54 Å². The fourth-order valence-corrected chi connectivity index (χ4v) is 1.25. The van der Waals surface area contributed by atoms with Crippen molar-refractivity contribution in [3.8, 4) is 0 Å². The number of carbonyl (C=O) groups excluding carboxylic acids is 2. The standard InChI is InChI=1S/C9H15NO4/c1-7(11)14-6-9(12)10-5-8-3-2-4-13-8/h8H,2-6H2,1H3,(H,10,12). The van der Waals surface area contributed by atoms with Crippen LogP contribution in [0.2, 0.25) is 0 Å². The zero-order valence-electron chi connectivity index (χ0n) is 8.25. The topological polar surface area (TPSA) is 64.6 Å². The molecule has 0 aliphatic carbocycles. The maximum Gasteiger partial charge on any atom is 0.303 e. The minimum atomic E-state index is -0.447. The fraction of sp³-hybridized carbons (Fsp3) is 0.778. The fourth-order valence-electron chi connectivity index (χ4n) is 1.25. The van der Waals surface area contributed by atoms with Gasteiger partial charge in [0.05, 0.1) is 6.10 Å². The van der Waals surface area contributed by atoms with Gasteiger partial charge in [-0.2, -0.15) is 0 Å². The summed E-state index contributed by atoms with van der Waals surface area (Å²) in [6.07, 6.45) is 2.15. The monoisotopic (exact) mass is 201 g/mol. The molecule has 5 heteroatoms.